The van der Waals surface area contributed by atoms with Crippen LogP contribution in [0.5, 0.6) is 0 Å². The van der Waals surface area contributed by atoms with Crippen LogP contribution in [0, 0.1) is 18.6 Å². The topological polar surface area (TPSA) is 80.0 Å². The fourth-order valence-electron chi connectivity index (χ4n) is 1.69. The quantitative estimate of drug-likeness (QED) is 0.583. The first-order valence-corrected chi connectivity index (χ1v) is 6.61. The molecule has 1 aromatic carbocycles. The van der Waals surface area contributed by atoms with Gasteiger partial charge in [-0.2, -0.15) is 0 Å². The molecule has 4 N–H and O–H groups in total. The first kappa shape index (κ1) is 15.3. The molecule has 0 saturated heterocycles. The molecular formula is C13H11BrF2N4O. The SMILES string of the molecule is Cc1cc(Br)cnc1NC(=O)c1cc(F)c(NN)c(F)c1. The minimum absolute atomic E-state index is 0.173. The van der Waals surface area contributed by atoms with Crippen LogP contribution >= 0.6 is 15.9 Å². The number of amides is 1. The Hall–Kier alpha value is -2.06. The van der Waals surface area contributed by atoms with Gasteiger partial charge in [0, 0.05) is 16.2 Å². The van der Waals surface area contributed by atoms with Crippen LogP contribution in [0.4, 0.5) is 20.3 Å². The third-order valence-corrected chi connectivity index (χ3v) is 3.16. The first-order valence-electron chi connectivity index (χ1n) is 5.81. The van der Waals surface area contributed by atoms with Crippen LogP contribution in [-0.4, -0.2) is 10.9 Å². The zero-order chi connectivity index (χ0) is 15.6. The number of hydrazine groups is 1. The zero-order valence-corrected chi connectivity index (χ0v) is 12.5. The molecule has 0 spiro atoms. The molecule has 5 nitrogen and oxygen atoms in total. The maximum Gasteiger partial charge on any atom is 0.257 e. The molecule has 0 bridgehead atoms. The molecule has 0 fully saturated rings. The zero-order valence-electron chi connectivity index (χ0n) is 10.9. The predicted molar refractivity (Wildman–Crippen MR) is 78.8 cm³/mol. The second kappa shape index (κ2) is 6.15. The van der Waals surface area contributed by atoms with Crippen molar-refractivity contribution in [3.63, 3.8) is 0 Å². The molecule has 8 heteroatoms. The molecule has 21 heavy (non-hydrogen) atoms. The summed E-state index contributed by atoms with van der Waals surface area (Å²) < 4.78 is 27.9. The van der Waals surface area contributed by atoms with Crippen molar-refractivity contribution in [1.82, 2.24) is 4.98 Å². The average Bonchev–Trinajstić information content (AvgIpc) is 2.41. The summed E-state index contributed by atoms with van der Waals surface area (Å²) in [7, 11) is 0. The number of halogens is 3. The summed E-state index contributed by atoms with van der Waals surface area (Å²) in [5, 5.41) is 2.49. The Bertz CT molecular complexity index is 686. The van der Waals surface area contributed by atoms with Crippen LogP contribution in [-0.2, 0) is 0 Å². The minimum Gasteiger partial charge on any atom is -0.319 e. The third kappa shape index (κ3) is 3.34. The van der Waals surface area contributed by atoms with Crippen LogP contribution in [0.2, 0.25) is 0 Å². The van der Waals surface area contributed by atoms with E-state index in [0.717, 1.165) is 16.6 Å². The summed E-state index contributed by atoms with van der Waals surface area (Å²) in [5.41, 5.74) is 1.93. The second-order valence-corrected chi connectivity index (χ2v) is 5.15. The van der Waals surface area contributed by atoms with Crippen molar-refractivity contribution < 1.29 is 13.6 Å². The van der Waals surface area contributed by atoms with Gasteiger partial charge in [-0.15, -0.1) is 0 Å². The lowest BCUT2D eigenvalue weighted by molar-refractivity contribution is 0.102. The highest BCUT2D eigenvalue weighted by molar-refractivity contribution is 9.10. The van der Waals surface area contributed by atoms with E-state index in [1.165, 1.54) is 6.20 Å². The molecular weight excluding hydrogens is 346 g/mol. The number of nitrogens with one attached hydrogen (secondary N) is 2. The van der Waals surface area contributed by atoms with Gasteiger partial charge >= 0.3 is 0 Å². The lowest BCUT2D eigenvalue weighted by Crippen LogP contribution is -2.16. The van der Waals surface area contributed by atoms with Crippen LogP contribution in [0.1, 0.15) is 15.9 Å². The van der Waals surface area contributed by atoms with Crippen molar-refractivity contribution in [3.05, 3.63) is 51.6 Å². The van der Waals surface area contributed by atoms with Crippen LogP contribution < -0.4 is 16.6 Å². The van der Waals surface area contributed by atoms with E-state index >= 15 is 0 Å². The number of rotatable bonds is 3. The summed E-state index contributed by atoms with van der Waals surface area (Å²) in [6.07, 6.45) is 1.51. The Kier molecular flexibility index (Phi) is 4.49. The molecule has 0 aliphatic rings. The number of hydrogen-bond donors (Lipinski definition) is 3. The minimum atomic E-state index is -0.955. The van der Waals surface area contributed by atoms with Crippen molar-refractivity contribution in [3.8, 4) is 0 Å². The molecule has 1 amide bonds. The van der Waals surface area contributed by atoms with Gasteiger partial charge in [-0.25, -0.2) is 13.8 Å². The number of carbonyl (C=O) groups excluding carboxylic acids is 1. The monoisotopic (exact) mass is 356 g/mol. The highest BCUT2D eigenvalue weighted by Crippen LogP contribution is 2.21. The van der Waals surface area contributed by atoms with E-state index < -0.39 is 23.2 Å². The fraction of sp³-hybridized carbons (Fsp3) is 0.0769. The van der Waals surface area contributed by atoms with Gasteiger partial charge in [0.05, 0.1) is 0 Å². The van der Waals surface area contributed by atoms with E-state index in [4.69, 9.17) is 5.84 Å². The van der Waals surface area contributed by atoms with Crippen molar-refractivity contribution >= 4 is 33.3 Å². The van der Waals surface area contributed by atoms with Crippen LogP contribution in [0.25, 0.3) is 0 Å². The number of nitrogens with two attached hydrogens (primary N) is 1. The van der Waals surface area contributed by atoms with Gasteiger partial charge < -0.3 is 10.7 Å². The number of carbonyl (C=O) groups is 1. The van der Waals surface area contributed by atoms with Gasteiger partial charge in [-0.3, -0.25) is 10.6 Å². The molecule has 0 atom stereocenters. The van der Waals surface area contributed by atoms with E-state index in [1.54, 1.807) is 13.0 Å². The first-order chi connectivity index (χ1) is 9.92. The smallest absolute Gasteiger partial charge is 0.257 e. The summed E-state index contributed by atoms with van der Waals surface area (Å²) in [6, 6.07) is 3.54. The lowest BCUT2D eigenvalue weighted by atomic mass is 10.1. The molecule has 110 valence electrons. The van der Waals surface area contributed by atoms with Crippen LogP contribution in [0.3, 0.4) is 0 Å². The van der Waals surface area contributed by atoms with Crippen molar-refractivity contribution in [1.29, 1.82) is 0 Å². The molecule has 0 unspecified atom stereocenters. The number of anilines is 2. The highest BCUT2D eigenvalue weighted by atomic mass is 79.9. The lowest BCUT2D eigenvalue weighted by Gasteiger charge is -2.09. The molecule has 0 radical (unpaired) electrons. The van der Waals surface area contributed by atoms with Crippen molar-refractivity contribution in [2.45, 2.75) is 6.92 Å². The maximum atomic E-state index is 13.6. The Labute approximate surface area is 127 Å². The molecule has 1 aromatic heterocycles. The summed E-state index contributed by atoms with van der Waals surface area (Å²) >= 11 is 3.25. The number of hydrogen-bond acceptors (Lipinski definition) is 4. The van der Waals surface area contributed by atoms with Crippen molar-refractivity contribution in [2.24, 2.45) is 5.84 Å². The highest BCUT2D eigenvalue weighted by Gasteiger charge is 2.15. The van der Waals surface area contributed by atoms with E-state index in [1.807, 2.05) is 5.43 Å². The number of aromatic nitrogens is 1. The van der Waals surface area contributed by atoms with E-state index in [0.29, 0.717) is 11.4 Å². The largest absolute Gasteiger partial charge is 0.319 e. The van der Waals surface area contributed by atoms with Gasteiger partial charge in [0.15, 0.2) is 11.6 Å². The van der Waals surface area contributed by atoms with Gasteiger partial charge in [0.1, 0.15) is 11.5 Å². The molecule has 2 aromatic rings. The van der Waals surface area contributed by atoms with Gasteiger partial charge in [0.25, 0.3) is 5.91 Å². The maximum absolute atomic E-state index is 13.6. The third-order valence-electron chi connectivity index (χ3n) is 2.73. The Morgan fingerprint density at radius 2 is 1.90 bits per heavy atom. The number of nitrogens with zero attached hydrogens (tertiary/aromatic N) is 1. The van der Waals surface area contributed by atoms with E-state index in [-0.39, 0.29) is 5.56 Å². The molecule has 0 saturated carbocycles. The van der Waals surface area contributed by atoms with Crippen LogP contribution in [0.15, 0.2) is 28.9 Å². The van der Waals surface area contributed by atoms with Gasteiger partial charge in [-0.05, 0) is 46.6 Å². The number of aryl methyl sites for hydroxylation is 1. The van der Waals surface area contributed by atoms with Gasteiger partial charge in [0.2, 0.25) is 0 Å². The fourth-order valence-corrected chi connectivity index (χ4v) is 2.14. The van der Waals surface area contributed by atoms with Gasteiger partial charge in [-0.1, -0.05) is 0 Å². The Balaban J connectivity index is 2.28. The number of pyridine rings is 1. The van der Waals surface area contributed by atoms with Crippen molar-refractivity contribution in [2.75, 3.05) is 10.7 Å². The number of nitrogen functional groups attached to an aromatic ring is 1. The average molecular weight is 357 g/mol. The van der Waals surface area contributed by atoms with E-state index in [2.05, 4.69) is 26.2 Å². The number of benzene rings is 1. The Morgan fingerprint density at radius 3 is 2.43 bits per heavy atom. The molecule has 1 heterocycles. The normalized spacial score (nSPS) is 10.3. The molecule has 0 aliphatic heterocycles. The molecule has 0 aliphatic carbocycles. The summed E-state index contributed by atoms with van der Waals surface area (Å²) in [4.78, 5) is 16.0. The van der Waals surface area contributed by atoms with E-state index in [9.17, 15) is 13.6 Å². The summed E-state index contributed by atoms with van der Waals surface area (Å²) in [5.74, 6) is 2.72. The standard InChI is InChI=1S/C13H11BrF2N4O/c1-6-2-8(14)5-18-12(6)19-13(21)7-3-9(15)11(20-17)10(16)4-7/h2-5,20H,17H2,1H3,(H,18,19,21). The summed E-state index contributed by atoms with van der Waals surface area (Å²) in [6.45, 7) is 1.75. The second-order valence-electron chi connectivity index (χ2n) is 4.23. The Morgan fingerprint density at radius 1 is 1.29 bits per heavy atom. The molecule has 2 rings (SSSR count). The predicted octanol–water partition coefficient (Wildman–Crippen LogP) is 2.97.